The second-order valence-corrected chi connectivity index (χ2v) is 6.76. The predicted octanol–water partition coefficient (Wildman–Crippen LogP) is 3.49. The van der Waals surface area contributed by atoms with Crippen LogP contribution in [0.4, 0.5) is 4.79 Å². The Bertz CT molecular complexity index is 776. The zero-order valence-corrected chi connectivity index (χ0v) is 14.6. The van der Waals surface area contributed by atoms with Crippen molar-refractivity contribution in [2.75, 3.05) is 13.1 Å². The van der Waals surface area contributed by atoms with Gasteiger partial charge < -0.3 is 20.1 Å². The molecule has 1 atom stereocenters. The van der Waals surface area contributed by atoms with Gasteiger partial charge in [-0.15, -0.1) is 0 Å². The van der Waals surface area contributed by atoms with Crippen molar-refractivity contribution in [1.29, 1.82) is 0 Å². The minimum Gasteiger partial charge on any atom is -0.481 e. The summed E-state index contributed by atoms with van der Waals surface area (Å²) in [6.45, 7) is 2.75. The third-order valence-electron chi connectivity index (χ3n) is 4.62. The number of urea groups is 1. The molecule has 1 aliphatic rings. The molecule has 26 heavy (non-hydrogen) atoms. The molecule has 0 bridgehead atoms. The van der Waals surface area contributed by atoms with Gasteiger partial charge in [-0.1, -0.05) is 30.3 Å². The monoisotopic (exact) mass is 354 g/mol. The highest BCUT2D eigenvalue weighted by molar-refractivity contribution is 5.79. The highest BCUT2D eigenvalue weighted by Gasteiger charge is 2.42. The van der Waals surface area contributed by atoms with E-state index < -0.39 is 11.4 Å². The third kappa shape index (κ3) is 4.14. The van der Waals surface area contributed by atoms with Crippen molar-refractivity contribution in [2.24, 2.45) is 5.41 Å². The van der Waals surface area contributed by atoms with Crippen LogP contribution in [0.3, 0.4) is 0 Å². The Labute approximate surface area is 152 Å². The quantitative estimate of drug-likeness (QED) is 0.861. The molecule has 0 radical (unpaired) electrons. The van der Waals surface area contributed by atoms with E-state index in [9.17, 15) is 14.7 Å². The van der Waals surface area contributed by atoms with Crippen LogP contribution in [0, 0.1) is 5.41 Å². The first kappa shape index (κ1) is 17.8. The fraction of sp³-hybridized carbons (Fsp3) is 0.300. The molecule has 2 N–H and O–H groups in total. The van der Waals surface area contributed by atoms with Crippen molar-refractivity contribution in [2.45, 2.75) is 19.9 Å². The summed E-state index contributed by atoms with van der Waals surface area (Å²) in [5.41, 5.74) is 0.0901. The summed E-state index contributed by atoms with van der Waals surface area (Å²) >= 11 is 0. The number of para-hydroxylation sites is 1. The van der Waals surface area contributed by atoms with E-state index in [0.717, 1.165) is 17.1 Å². The topological polar surface area (TPSA) is 78.9 Å². The first-order valence-corrected chi connectivity index (χ1v) is 8.54. The van der Waals surface area contributed by atoms with Crippen molar-refractivity contribution in [3.8, 4) is 11.5 Å². The Balaban J connectivity index is 1.50. The molecule has 0 spiro atoms. The Morgan fingerprint density at radius 2 is 1.77 bits per heavy atom. The number of amides is 2. The lowest BCUT2D eigenvalue weighted by molar-refractivity contribution is -0.147. The molecule has 1 fully saturated rings. The molecule has 2 amide bonds. The van der Waals surface area contributed by atoms with Gasteiger partial charge in [-0.2, -0.15) is 0 Å². The van der Waals surface area contributed by atoms with E-state index in [1.54, 1.807) is 11.8 Å². The number of carboxylic acid groups (broad SMARTS) is 1. The van der Waals surface area contributed by atoms with Crippen LogP contribution < -0.4 is 10.1 Å². The first-order valence-electron chi connectivity index (χ1n) is 8.54. The molecule has 3 rings (SSSR count). The van der Waals surface area contributed by atoms with E-state index in [-0.39, 0.29) is 12.6 Å². The molecule has 6 nitrogen and oxygen atoms in total. The van der Waals surface area contributed by atoms with Gasteiger partial charge >= 0.3 is 12.0 Å². The maximum Gasteiger partial charge on any atom is 0.317 e. The molecule has 6 heteroatoms. The molecule has 0 aromatic heterocycles. The van der Waals surface area contributed by atoms with E-state index in [1.165, 1.54) is 0 Å². The minimum atomic E-state index is -0.859. The first-order chi connectivity index (χ1) is 12.5. The van der Waals surface area contributed by atoms with Crippen LogP contribution in [0.5, 0.6) is 11.5 Å². The highest BCUT2D eigenvalue weighted by Crippen LogP contribution is 2.30. The Morgan fingerprint density at radius 1 is 1.12 bits per heavy atom. The van der Waals surface area contributed by atoms with E-state index in [4.69, 9.17) is 4.74 Å². The summed E-state index contributed by atoms with van der Waals surface area (Å²) in [6, 6.07) is 16.8. The Hall–Kier alpha value is -3.02. The van der Waals surface area contributed by atoms with Gasteiger partial charge in [0.2, 0.25) is 0 Å². The molecular weight excluding hydrogens is 332 g/mol. The number of nitrogens with one attached hydrogen (secondary N) is 1. The zero-order valence-electron chi connectivity index (χ0n) is 14.6. The summed E-state index contributed by atoms with van der Waals surface area (Å²) in [6.07, 6.45) is 0.473. The number of rotatable bonds is 5. The van der Waals surface area contributed by atoms with E-state index in [2.05, 4.69) is 5.32 Å². The van der Waals surface area contributed by atoms with Crippen LogP contribution in [0.15, 0.2) is 54.6 Å². The highest BCUT2D eigenvalue weighted by atomic mass is 16.5. The number of carbonyl (C=O) groups is 2. The molecule has 0 aliphatic carbocycles. The summed E-state index contributed by atoms with van der Waals surface area (Å²) in [7, 11) is 0. The summed E-state index contributed by atoms with van der Waals surface area (Å²) in [5.74, 6) is 0.633. The van der Waals surface area contributed by atoms with Gasteiger partial charge in [0.05, 0.1) is 5.41 Å². The molecule has 0 saturated carbocycles. The minimum absolute atomic E-state index is 0.234. The molecule has 2 aromatic rings. The smallest absolute Gasteiger partial charge is 0.317 e. The van der Waals surface area contributed by atoms with Gasteiger partial charge in [-0.05, 0) is 43.2 Å². The van der Waals surface area contributed by atoms with Crippen molar-refractivity contribution in [3.05, 3.63) is 60.2 Å². The van der Waals surface area contributed by atoms with Gasteiger partial charge in [0, 0.05) is 19.6 Å². The standard InChI is InChI=1S/C20H22N2O4/c1-20(18(23)24)11-12-22(14-20)19(25)21-13-15-7-9-17(10-8-15)26-16-5-3-2-4-6-16/h2-10H,11-14H2,1H3,(H,21,25)(H,23,24). The third-order valence-corrected chi connectivity index (χ3v) is 4.62. The number of benzene rings is 2. The number of aliphatic carboxylic acids is 1. The maximum absolute atomic E-state index is 12.2. The average molecular weight is 354 g/mol. The van der Waals surface area contributed by atoms with Crippen molar-refractivity contribution in [1.82, 2.24) is 10.2 Å². The zero-order chi connectivity index (χ0) is 18.6. The van der Waals surface area contributed by atoms with Gasteiger partial charge in [-0.25, -0.2) is 4.79 Å². The average Bonchev–Trinajstić information content (AvgIpc) is 3.06. The van der Waals surface area contributed by atoms with Crippen molar-refractivity contribution in [3.63, 3.8) is 0 Å². The number of hydrogen-bond acceptors (Lipinski definition) is 3. The van der Waals surface area contributed by atoms with Crippen LogP contribution in [-0.4, -0.2) is 35.1 Å². The number of nitrogens with zero attached hydrogens (tertiary/aromatic N) is 1. The molecule has 2 aromatic carbocycles. The lowest BCUT2D eigenvalue weighted by atomic mass is 9.90. The van der Waals surface area contributed by atoms with Gasteiger partial charge in [0.1, 0.15) is 11.5 Å². The lowest BCUT2D eigenvalue weighted by Crippen LogP contribution is -2.40. The summed E-state index contributed by atoms with van der Waals surface area (Å²) < 4.78 is 5.73. The molecule has 1 saturated heterocycles. The van der Waals surface area contributed by atoms with E-state index in [1.807, 2.05) is 54.6 Å². The molecular formula is C20H22N2O4. The van der Waals surface area contributed by atoms with Crippen molar-refractivity contribution < 1.29 is 19.4 Å². The number of hydrogen-bond donors (Lipinski definition) is 2. The molecule has 1 aliphatic heterocycles. The van der Waals surface area contributed by atoms with Crippen LogP contribution in [-0.2, 0) is 11.3 Å². The summed E-state index contributed by atoms with van der Waals surface area (Å²) in [4.78, 5) is 25.1. The van der Waals surface area contributed by atoms with Crippen LogP contribution in [0.25, 0.3) is 0 Å². The predicted molar refractivity (Wildman–Crippen MR) is 97.1 cm³/mol. The van der Waals surface area contributed by atoms with E-state index >= 15 is 0 Å². The van der Waals surface area contributed by atoms with Gasteiger partial charge in [0.25, 0.3) is 0 Å². The summed E-state index contributed by atoms with van der Waals surface area (Å²) in [5, 5.41) is 12.1. The van der Waals surface area contributed by atoms with Crippen LogP contribution in [0.1, 0.15) is 18.9 Å². The maximum atomic E-state index is 12.2. The van der Waals surface area contributed by atoms with E-state index in [0.29, 0.717) is 19.5 Å². The molecule has 1 unspecified atom stereocenters. The largest absolute Gasteiger partial charge is 0.481 e. The Kier molecular flexibility index (Phi) is 5.11. The number of likely N-dealkylation sites (tertiary alicyclic amines) is 1. The SMILES string of the molecule is CC1(C(=O)O)CCN(C(=O)NCc2ccc(Oc3ccccc3)cc2)C1. The second kappa shape index (κ2) is 7.47. The van der Waals surface area contributed by atoms with Crippen LogP contribution in [0.2, 0.25) is 0 Å². The normalized spacial score (nSPS) is 19.2. The fourth-order valence-electron chi connectivity index (χ4n) is 2.90. The number of ether oxygens (including phenoxy) is 1. The number of carbonyl (C=O) groups excluding carboxylic acids is 1. The second-order valence-electron chi connectivity index (χ2n) is 6.76. The molecule has 136 valence electrons. The van der Waals surface area contributed by atoms with Crippen LogP contribution >= 0.6 is 0 Å². The number of carboxylic acids is 1. The lowest BCUT2D eigenvalue weighted by Gasteiger charge is -2.20. The van der Waals surface area contributed by atoms with Gasteiger partial charge in [-0.3, -0.25) is 4.79 Å². The van der Waals surface area contributed by atoms with Crippen molar-refractivity contribution >= 4 is 12.0 Å². The van der Waals surface area contributed by atoms with Gasteiger partial charge in [0.15, 0.2) is 0 Å². The Morgan fingerprint density at radius 3 is 2.38 bits per heavy atom. The molecule has 1 heterocycles. The fourth-order valence-corrected chi connectivity index (χ4v) is 2.90.